The monoisotopic (exact) mass is 481 g/mol. The number of benzene rings is 1. The summed E-state index contributed by atoms with van der Waals surface area (Å²) in [5.41, 5.74) is 0. The normalized spacial score (nSPS) is 11.9. The standard InChI is InChI=1S/C18H28FN3O3.HI/c1-4-20-18(21-12-6-7-17(23)24-5-2)22-13-14(3)25-16-10-8-15(19)9-11-16;/h8-11,14H,4-7,12-13H2,1-3H3,(H2,20,21,22);1H. The average molecular weight is 481 g/mol. The SMILES string of the molecule is CCNC(=NCC(C)Oc1ccc(F)cc1)NCCCC(=O)OCC.I. The largest absolute Gasteiger partial charge is 0.489 e. The fraction of sp³-hybridized carbons (Fsp3) is 0.556. The van der Waals surface area contributed by atoms with Gasteiger partial charge < -0.3 is 20.1 Å². The Morgan fingerprint density at radius 1 is 1.23 bits per heavy atom. The number of hydrogen-bond donors (Lipinski definition) is 2. The molecule has 1 aromatic carbocycles. The second kappa shape index (κ2) is 14.6. The highest BCUT2D eigenvalue weighted by molar-refractivity contribution is 14.0. The van der Waals surface area contributed by atoms with Crippen molar-refractivity contribution in [2.24, 2.45) is 4.99 Å². The van der Waals surface area contributed by atoms with E-state index in [0.717, 1.165) is 6.54 Å². The van der Waals surface area contributed by atoms with Crippen molar-refractivity contribution in [2.45, 2.75) is 39.7 Å². The fourth-order valence-corrected chi connectivity index (χ4v) is 2.02. The number of carbonyl (C=O) groups excluding carboxylic acids is 1. The molecule has 0 aromatic heterocycles. The molecule has 1 rings (SSSR count). The number of hydrogen-bond acceptors (Lipinski definition) is 4. The Bertz CT molecular complexity index is 541. The van der Waals surface area contributed by atoms with Crippen molar-refractivity contribution in [1.29, 1.82) is 0 Å². The maximum atomic E-state index is 12.9. The molecule has 8 heteroatoms. The summed E-state index contributed by atoms with van der Waals surface area (Å²) in [5.74, 6) is 0.796. The number of guanidine groups is 1. The van der Waals surface area contributed by atoms with Crippen LogP contribution in [-0.2, 0) is 9.53 Å². The van der Waals surface area contributed by atoms with Crippen LogP contribution in [0.3, 0.4) is 0 Å². The Kier molecular flexibility index (Phi) is 13.7. The Morgan fingerprint density at radius 3 is 2.54 bits per heavy atom. The van der Waals surface area contributed by atoms with Gasteiger partial charge in [0.1, 0.15) is 17.7 Å². The molecule has 0 aliphatic rings. The predicted molar refractivity (Wildman–Crippen MR) is 112 cm³/mol. The fourth-order valence-electron chi connectivity index (χ4n) is 2.02. The quantitative estimate of drug-likeness (QED) is 0.177. The Hall–Kier alpha value is -1.58. The van der Waals surface area contributed by atoms with Crippen LogP contribution in [0.1, 0.15) is 33.6 Å². The molecule has 0 aliphatic heterocycles. The number of carbonyl (C=O) groups is 1. The van der Waals surface area contributed by atoms with E-state index in [2.05, 4.69) is 15.6 Å². The van der Waals surface area contributed by atoms with Gasteiger partial charge in [-0.05, 0) is 51.5 Å². The van der Waals surface area contributed by atoms with E-state index in [0.29, 0.717) is 44.2 Å². The number of nitrogens with one attached hydrogen (secondary N) is 2. The summed E-state index contributed by atoms with van der Waals surface area (Å²) >= 11 is 0. The molecule has 0 bridgehead atoms. The Labute approximate surface area is 172 Å². The second-order valence-corrected chi connectivity index (χ2v) is 5.44. The van der Waals surface area contributed by atoms with Gasteiger partial charge in [-0.25, -0.2) is 9.38 Å². The maximum Gasteiger partial charge on any atom is 0.305 e. The summed E-state index contributed by atoms with van der Waals surface area (Å²) in [5, 5.41) is 6.31. The van der Waals surface area contributed by atoms with Crippen LogP contribution in [0.15, 0.2) is 29.3 Å². The van der Waals surface area contributed by atoms with Crippen LogP contribution in [0.5, 0.6) is 5.75 Å². The van der Waals surface area contributed by atoms with Crippen molar-refractivity contribution < 1.29 is 18.7 Å². The van der Waals surface area contributed by atoms with Gasteiger partial charge in [0.25, 0.3) is 0 Å². The molecular formula is C18H29FIN3O3. The van der Waals surface area contributed by atoms with E-state index < -0.39 is 0 Å². The molecule has 0 radical (unpaired) electrons. The zero-order chi connectivity index (χ0) is 18.5. The van der Waals surface area contributed by atoms with Gasteiger partial charge in [0.15, 0.2) is 5.96 Å². The second-order valence-electron chi connectivity index (χ2n) is 5.44. The minimum absolute atomic E-state index is 0. The highest BCUT2D eigenvalue weighted by atomic mass is 127. The van der Waals surface area contributed by atoms with Gasteiger partial charge >= 0.3 is 5.97 Å². The van der Waals surface area contributed by atoms with Gasteiger partial charge in [-0.3, -0.25) is 4.79 Å². The molecule has 0 aliphatic carbocycles. The van der Waals surface area contributed by atoms with Gasteiger partial charge in [-0.15, -0.1) is 24.0 Å². The zero-order valence-electron chi connectivity index (χ0n) is 15.6. The average Bonchev–Trinajstić information content (AvgIpc) is 2.58. The number of esters is 1. The van der Waals surface area contributed by atoms with Gasteiger partial charge in [-0.2, -0.15) is 0 Å². The molecule has 0 fully saturated rings. The predicted octanol–water partition coefficient (Wildman–Crippen LogP) is 3.11. The van der Waals surface area contributed by atoms with Gasteiger partial charge in [0, 0.05) is 19.5 Å². The van der Waals surface area contributed by atoms with E-state index in [1.165, 1.54) is 12.1 Å². The van der Waals surface area contributed by atoms with Crippen molar-refractivity contribution in [1.82, 2.24) is 10.6 Å². The number of rotatable bonds is 10. The molecule has 1 atom stereocenters. The lowest BCUT2D eigenvalue weighted by Crippen LogP contribution is -2.38. The van der Waals surface area contributed by atoms with E-state index >= 15 is 0 Å². The first kappa shape index (κ1) is 24.4. The van der Waals surface area contributed by atoms with Crippen molar-refractivity contribution in [3.05, 3.63) is 30.1 Å². The molecule has 0 saturated heterocycles. The smallest absolute Gasteiger partial charge is 0.305 e. The molecular weight excluding hydrogens is 452 g/mol. The van der Waals surface area contributed by atoms with E-state index in [1.54, 1.807) is 19.1 Å². The topological polar surface area (TPSA) is 72.0 Å². The minimum Gasteiger partial charge on any atom is -0.489 e. The first-order valence-corrected chi connectivity index (χ1v) is 8.65. The Morgan fingerprint density at radius 2 is 1.92 bits per heavy atom. The molecule has 2 N–H and O–H groups in total. The van der Waals surface area contributed by atoms with E-state index in [1.807, 2.05) is 13.8 Å². The van der Waals surface area contributed by atoms with Crippen molar-refractivity contribution in [2.75, 3.05) is 26.2 Å². The van der Waals surface area contributed by atoms with Crippen LogP contribution < -0.4 is 15.4 Å². The summed E-state index contributed by atoms with van der Waals surface area (Å²) in [7, 11) is 0. The minimum atomic E-state index is -0.292. The first-order chi connectivity index (χ1) is 12.0. The highest BCUT2D eigenvalue weighted by Crippen LogP contribution is 2.13. The zero-order valence-corrected chi connectivity index (χ0v) is 17.9. The number of ether oxygens (including phenoxy) is 2. The molecule has 0 spiro atoms. The van der Waals surface area contributed by atoms with Crippen LogP contribution in [0, 0.1) is 5.82 Å². The maximum absolute atomic E-state index is 12.9. The van der Waals surface area contributed by atoms with Crippen LogP contribution in [0.25, 0.3) is 0 Å². The van der Waals surface area contributed by atoms with Gasteiger partial charge in [0.05, 0.1) is 13.2 Å². The summed E-state index contributed by atoms with van der Waals surface area (Å²) in [6.07, 6.45) is 0.898. The molecule has 1 aromatic rings. The lowest BCUT2D eigenvalue weighted by Gasteiger charge is -2.15. The van der Waals surface area contributed by atoms with E-state index in [-0.39, 0.29) is 41.9 Å². The first-order valence-electron chi connectivity index (χ1n) is 8.65. The van der Waals surface area contributed by atoms with E-state index in [4.69, 9.17) is 9.47 Å². The van der Waals surface area contributed by atoms with Crippen LogP contribution >= 0.6 is 24.0 Å². The third-order valence-corrected chi connectivity index (χ3v) is 3.16. The van der Waals surface area contributed by atoms with Crippen LogP contribution in [0.4, 0.5) is 4.39 Å². The summed E-state index contributed by atoms with van der Waals surface area (Å²) in [4.78, 5) is 15.7. The van der Waals surface area contributed by atoms with Crippen molar-refractivity contribution >= 4 is 35.9 Å². The molecule has 1 unspecified atom stereocenters. The molecule has 148 valence electrons. The van der Waals surface area contributed by atoms with Crippen LogP contribution in [-0.4, -0.2) is 44.3 Å². The molecule has 6 nitrogen and oxygen atoms in total. The number of halogens is 2. The molecule has 0 saturated carbocycles. The highest BCUT2D eigenvalue weighted by Gasteiger charge is 2.06. The lowest BCUT2D eigenvalue weighted by atomic mass is 10.3. The number of aliphatic imine (C=N–C) groups is 1. The Balaban J connectivity index is 0.00000625. The van der Waals surface area contributed by atoms with Gasteiger partial charge in [0.2, 0.25) is 0 Å². The number of nitrogens with zero attached hydrogens (tertiary/aromatic N) is 1. The lowest BCUT2D eigenvalue weighted by molar-refractivity contribution is -0.143. The third kappa shape index (κ3) is 11.1. The summed E-state index contributed by atoms with van der Waals surface area (Å²) in [6.45, 7) is 7.88. The molecule has 0 amide bonds. The molecule has 0 heterocycles. The summed E-state index contributed by atoms with van der Waals surface area (Å²) in [6, 6.07) is 5.91. The van der Waals surface area contributed by atoms with Crippen molar-refractivity contribution in [3.8, 4) is 5.75 Å². The van der Waals surface area contributed by atoms with Crippen LogP contribution in [0.2, 0.25) is 0 Å². The molecule has 26 heavy (non-hydrogen) atoms. The van der Waals surface area contributed by atoms with Gasteiger partial charge in [-0.1, -0.05) is 0 Å². The summed E-state index contributed by atoms with van der Waals surface area (Å²) < 4.78 is 23.5. The van der Waals surface area contributed by atoms with E-state index in [9.17, 15) is 9.18 Å². The third-order valence-electron chi connectivity index (χ3n) is 3.16. The van der Waals surface area contributed by atoms with Crippen molar-refractivity contribution in [3.63, 3.8) is 0 Å².